The fourth-order valence-corrected chi connectivity index (χ4v) is 1.86. The molecule has 0 aliphatic heterocycles. The topological polar surface area (TPSA) is 79.9 Å². The lowest BCUT2D eigenvalue weighted by atomic mass is 10.0. The molecule has 0 radical (unpaired) electrons. The lowest BCUT2D eigenvalue weighted by Crippen LogP contribution is -2.29. The SMILES string of the molecule is COCCCCNCC1(CC(N)=NO)CC1. The summed E-state index contributed by atoms with van der Waals surface area (Å²) in [5.74, 6) is 0.346. The summed E-state index contributed by atoms with van der Waals surface area (Å²) in [4.78, 5) is 0. The summed E-state index contributed by atoms with van der Waals surface area (Å²) in [7, 11) is 1.73. The van der Waals surface area contributed by atoms with Crippen molar-refractivity contribution in [3.05, 3.63) is 0 Å². The Labute approximate surface area is 97.0 Å². The van der Waals surface area contributed by atoms with Gasteiger partial charge in [0.1, 0.15) is 5.84 Å². The molecule has 0 saturated heterocycles. The van der Waals surface area contributed by atoms with Crippen LogP contribution in [0.2, 0.25) is 0 Å². The molecule has 5 heteroatoms. The van der Waals surface area contributed by atoms with Crippen LogP contribution in [0.15, 0.2) is 5.16 Å². The van der Waals surface area contributed by atoms with Crippen molar-refractivity contribution in [2.24, 2.45) is 16.3 Å². The summed E-state index contributed by atoms with van der Waals surface area (Å²) in [6, 6.07) is 0. The van der Waals surface area contributed by atoms with Crippen LogP contribution in [-0.4, -0.2) is 37.8 Å². The van der Waals surface area contributed by atoms with E-state index in [-0.39, 0.29) is 5.41 Å². The molecule has 1 aliphatic carbocycles. The van der Waals surface area contributed by atoms with Gasteiger partial charge in [-0.25, -0.2) is 0 Å². The summed E-state index contributed by atoms with van der Waals surface area (Å²) in [5.41, 5.74) is 5.79. The van der Waals surface area contributed by atoms with Gasteiger partial charge in [0.2, 0.25) is 0 Å². The number of nitrogens with zero attached hydrogens (tertiary/aromatic N) is 1. The second-order valence-electron chi connectivity index (χ2n) is 4.64. The van der Waals surface area contributed by atoms with Crippen LogP contribution in [0.5, 0.6) is 0 Å². The highest BCUT2D eigenvalue weighted by Crippen LogP contribution is 2.48. The predicted octanol–water partition coefficient (Wildman–Crippen LogP) is 0.919. The van der Waals surface area contributed by atoms with E-state index < -0.39 is 0 Å². The van der Waals surface area contributed by atoms with Gasteiger partial charge in [-0.3, -0.25) is 0 Å². The van der Waals surface area contributed by atoms with Crippen LogP contribution < -0.4 is 11.1 Å². The lowest BCUT2D eigenvalue weighted by Gasteiger charge is -2.14. The van der Waals surface area contributed by atoms with Gasteiger partial charge in [0.05, 0.1) is 0 Å². The number of rotatable bonds is 9. The molecular weight excluding hydrogens is 206 g/mol. The predicted molar refractivity (Wildman–Crippen MR) is 63.7 cm³/mol. The standard InChI is InChI=1S/C11H23N3O2/c1-16-7-3-2-6-13-9-11(4-5-11)8-10(12)14-15/h13,15H,2-9H2,1H3,(H2,12,14). The van der Waals surface area contributed by atoms with Gasteiger partial charge in [-0.2, -0.15) is 0 Å². The zero-order valence-corrected chi connectivity index (χ0v) is 10.0. The molecule has 5 nitrogen and oxygen atoms in total. The molecular formula is C11H23N3O2. The lowest BCUT2D eigenvalue weighted by molar-refractivity contribution is 0.192. The maximum absolute atomic E-state index is 8.52. The van der Waals surface area contributed by atoms with Crippen molar-refractivity contribution in [1.29, 1.82) is 0 Å². The van der Waals surface area contributed by atoms with Gasteiger partial charge < -0.3 is 21.0 Å². The van der Waals surface area contributed by atoms with Gasteiger partial charge in [0, 0.05) is 26.7 Å². The summed E-state index contributed by atoms with van der Waals surface area (Å²) < 4.78 is 4.98. The van der Waals surface area contributed by atoms with Crippen LogP contribution in [-0.2, 0) is 4.74 Å². The molecule has 1 aliphatic rings. The number of ether oxygens (including phenoxy) is 1. The quantitative estimate of drug-likeness (QED) is 0.180. The van der Waals surface area contributed by atoms with E-state index in [4.69, 9.17) is 15.7 Å². The van der Waals surface area contributed by atoms with E-state index in [0.29, 0.717) is 12.3 Å². The molecule has 4 N–H and O–H groups in total. The zero-order valence-electron chi connectivity index (χ0n) is 10.0. The maximum Gasteiger partial charge on any atom is 0.139 e. The first kappa shape index (κ1) is 13.3. The number of nitrogens with one attached hydrogen (secondary N) is 1. The summed E-state index contributed by atoms with van der Waals surface area (Å²) >= 11 is 0. The zero-order chi connectivity index (χ0) is 11.9. The van der Waals surface area contributed by atoms with Crippen molar-refractivity contribution in [3.8, 4) is 0 Å². The molecule has 0 atom stereocenters. The molecule has 0 aromatic carbocycles. The minimum atomic E-state index is 0.261. The third kappa shape index (κ3) is 4.81. The number of hydrogen-bond donors (Lipinski definition) is 3. The average Bonchev–Trinajstić information content (AvgIpc) is 3.03. The summed E-state index contributed by atoms with van der Waals surface area (Å²) in [5, 5.41) is 15.0. The Balaban J connectivity index is 2.04. The van der Waals surface area contributed by atoms with Crippen LogP contribution >= 0.6 is 0 Å². The molecule has 0 aromatic rings. The average molecular weight is 229 g/mol. The first-order valence-electron chi connectivity index (χ1n) is 5.88. The van der Waals surface area contributed by atoms with E-state index in [9.17, 15) is 0 Å². The van der Waals surface area contributed by atoms with Crippen LogP contribution in [0, 0.1) is 5.41 Å². The van der Waals surface area contributed by atoms with Crippen LogP contribution in [0.4, 0.5) is 0 Å². The molecule has 0 amide bonds. The smallest absolute Gasteiger partial charge is 0.139 e. The number of hydrogen-bond acceptors (Lipinski definition) is 4. The first-order valence-corrected chi connectivity index (χ1v) is 5.88. The minimum absolute atomic E-state index is 0.261. The summed E-state index contributed by atoms with van der Waals surface area (Å²) in [6.07, 6.45) is 5.28. The van der Waals surface area contributed by atoms with Crippen LogP contribution in [0.1, 0.15) is 32.1 Å². The van der Waals surface area contributed by atoms with Crippen LogP contribution in [0.3, 0.4) is 0 Å². The Morgan fingerprint density at radius 1 is 1.50 bits per heavy atom. The monoisotopic (exact) mass is 229 g/mol. The van der Waals surface area contributed by atoms with E-state index in [1.165, 1.54) is 12.8 Å². The Morgan fingerprint density at radius 3 is 2.81 bits per heavy atom. The van der Waals surface area contributed by atoms with Gasteiger partial charge in [-0.15, -0.1) is 0 Å². The third-order valence-electron chi connectivity index (χ3n) is 3.09. The van der Waals surface area contributed by atoms with E-state index in [1.807, 2.05) is 0 Å². The molecule has 0 heterocycles. The second kappa shape index (κ2) is 6.70. The molecule has 0 unspecified atom stereocenters. The van der Waals surface area contributed by atoms with E-state index in [1.54, 1.807) is 7.11 Å². The van der Waals surface area contributed by atoms with Gasteiger partial charge >= 0.3 is 0 Å². The first-order chi connectivity index (χ1) is 7.72. The highest BCUT2D eigenvalue weighted by molar-refractivity contribution is 5.80. The van der Waals surface area contributed by atoms with Gasteiger partial charge in [0.25, 0.3) is 0 Å². The normalized spacial score (nSPS) is 18.7. The molecule has 0 spiro atoms. The van der Waals surface area contributed by atoms with Gasteiger partial charge in [0.15, 0.2) is 0 Å². The fraction of sp³-hybridized carbons (Fsp3) is 0.909. The van der Waals surface area contributed by atoms with Gasteiger partial charge in [-0.05, 0) is 37.6 Å². The minimum Gasteiger partial charge on any atom is -0.409 e. The van der Waals surface area contributed by atoms with Crippen molar-refractivity contribution in [1.82, 2.24) is 5.32 Å². The largest absolute Gasteiger partial charge is 0.409 e. The molecule has 1 fully saturated rings. The van der Waals surface area contributed by atoms with Gasteiger partial charge in [-0.1, -0.05) is 5.16 Å². The highest BCUT2D eigenvalue weighted by Gasteiger charge is 2.42. The van der Waals surface area contributed by atoms with E-state index in [0.717, 1.165) is 32.5 Å². The Morgan fingerprint density at radius 2 is 2.25 bits per heavy atom. The number of methoxy groups -OCH3 is 1. The Kier molecular flexibility index (Phi) is 5.55. The number of oxime groups is 1. The number of unbranched alkanes of at least 4 members (excludes halogenated alkanes) is 1. The molecule has 0 bridgehead atoms. The Hall–Kier alpha value is -0.810. The van der Waals surface area contributed by atoms with Crippen molar-refractivity contribution in [3.63, 3.8) is 0 Å². The molecule has 1 saturated carbocycles. The second-order valence-corrected chi connectivity index (χ2v) is 4.64. The van der Waals surface area contributed by atoms with Crippen molar-refractivity contribution in [2.45, 2.75) is 32.1 Å². The summed E-state index contributed by atoms with van der Waals surface area (Å²) in [6.45, 7) is 2.81. The van der Waals surface area contributed by atoms with Crippen LogP contribution in [0.25, 0.3) is 0 Å². The fourth-order valence-electron chi connectivity index (χ4n) is 1.86. The maximum atomic E-state index is 8.52. The Bertz CT molecular complexity index is 227. The third-order valence-corrected chi connectivity index (χ3v) is 3.09. The highest BCUT2D eigenvalue weighted by atomic mass is 16.5. The molecule has 0 aromatic heterocycles. The number of nitrogens with two attached hydrogens (primary N) is 1. The van der Waals surface area contributed by atoms with Crippen molar-refractivity contribution < 1.29 is 9.94 Å². The van der Waals surface area contributed by atoms with Crippen molar-refractivity contribution in [2.75, 3.05) is 26.8 Å². The van der Waals surface area contributed by atoms with E-state index >= 15 is 0 Å². The van der Waals surface area contributed by atoms with Crippen molar-refractivity contribution >= 4 is 5.84 Å². The van der Waals surface area contributed by atoms with E-state index in [2.05, 4.69) is 10.5 Å². The molecule has 94 valence electrons. The molecule has 16 heavy (non-hydrogen) atoms. The molecule has 1 rings (SSSR count). The number of amidine groups is 1.